The van der Waals surface area contributed by atoms with E-state index in [1.54, 1.807) is 18.3 Å². The number of hydrogen-bond donors (Lipinski definition) is 2. The monoisotopic (exact) mass is 287 g/mol. The molecule has 0 bridgehead atoms. The smallest absolute Gasteiger partial charge is 0.228 e. The number of aromatic amines is 2. The molecule has 0 saturated heterocycles. The van der Waals surface area contributed by atoms with Gasteiger partial charge in [0.25, 0.3) is 0 Å². The molecule has 4 aromatic rings. The van der Waals surface area contributed by atoms with Gasteiger partial charge in [-0.1, -0.05) is 48.5 Å². The highest BCUT2D eigenvalue weighted by Gasteiger charge is 2.14. The fourth-order valence-corrected chi connectivity index (χ4v) is 2.51. The molecule has 0 amide bonds. The average Bonchev–Trinajstić information content (AvgIpc) is 3.21. The number of rotatable bonds is 3. The van der Waals surface area contributed by atoms with Gasteiger partial charge in [-0.25, -0.2) is 4.98 Å². The molecule has 2 aromatic carbocycles. The van der Waals surface area contributed by atoms with Crippen molar-refractivity contribution in [3.8, 4) is 11.4 Å². The summed E-state index contributed by atoms with van der Waals surface area (Å²) in [5.41, 5.74) is 3.30. The Balaban J connectivity index is 1.70. The maximum absolute atomic E-state index is 12.4. The summed E-state index contributed by atoms with van der Waals surface area (Å²) < 4.78 is 0. The highest BCUT2D eigenvalue weighted by Crippen LogP contribution is 2.23. The second-order valence-electron chi connectivity index (χ2n) is 5.10. The molecule has 0 saturated carbocycles. The average molecular weight is 287 g/mol. The molecule has 0 spiro atoms. The quantitative estimate of drug-likeness (QED) is 0.563. The fraction of sp³-hybridized carbons (Fsp3) is 0. The van der Waals surface area contributed by atoms with E-state index in [2.05, 4.69) is 15.0 Å². The summed E-state index contributed by atoms with van der Waals surface area (Å²) >= 11 is 0. The number of H-pyrrole nitrogens is 2. The minimum Gasteiger partial charge on any atom is -0.353 e. The number of hydrogen-bond acceptors (Lipinski definition) is 2. The predicted molar refractivity (Wildman–Crippen MR) is 85.8 cm³/mol. The Morgan fingerprint density at radius 3 is 2.55 bits per heavy atom. The Bertz CT molecular complexity index is 918. The number of carbonyl (C=O) groups is 1. The van der Waals surface area contributed by atoms with Crippen LogP contribution in [0.5, 0.6) is 0 Å². The third-order valence-electron chi connectivity index (χ3n) is 3.63. The lowest BCUT2D eigenvalue weighted by Crippen LogP contribution is -2.03. The number of fused-ring (bicyclic) bond motifs is 1. The Kier molecular flexibility index (Phi) is 2.86. The molecule has 2 heterocycles. The van der Waals surface area contributed by atoms with Crippen LogP contribution in [0.25, 0.3) is 22.3 Å². The molecule has 0 aliphatic heterocycles. The van der Waals surface area contributed by atoms with E-state index in [1.165, 1.54) is 0 Å². The van der Waals surface area contributed by atoms with Crippen molar-refractivity contribution in [2.75, 3.05) is 0 Å². The first-order chi connectivity index (χ1) is 10.8. The van der Waals surface area contributed by atoms with E-state index in [9.17, 15) is 4.79 Å². The van der Waals surface area contributed by atoms with Gasteiger partial charge in [-0.3, -0.25) is 4.79 Å². The van der Waals surface area contributed by atoms with Crippen LogP contribution in [-0.4, -0.2) is 20.7 Å². The highest BCUT2D eigenvalue weighted by atomic mass is 16.1. The van der Waals surface area contributed by atoms with Gasteiger partial charge in [0.2, 0.25) is 5.78 Å². The van der Waals surface area contributed by atoms with Crippen LogP contribution in [0.4, 0.5) is 0 Å². The van der Waals surface area contributed by atoms with E-state index in [0.717, 1.165) is 22.3 Å². The van der Waals surface area contributed by atoms with Crippen molar-refractivity contribution in [3.05, 3.63) is 78.2 Å². The number of ketones is 1. The van der Waals surface area contributed by atoms with Crippen molar-refractivity contribution >= 4 is 16.7 Å². The van der Waals surface area contributed by atoms with E-state index >= 15 is 0 Å². The van der Waals surface area contributed by atoms with Crippen LogP contribution < -0.4 is 0 Å². The number of carbonyl (C=O) groups excluding carboxylic acids is 1. The first-order valence-electron chi connectivity index (χ1n) is 7.04. The minimum atomic E-state index is -0.108. The lowest BCUT2D eigenvalue weighted by Gasteiger charge is -1.95. The van der Waals surface area contributed by atoms with Crippen molar-refractivity contribution in [3.63, 3.8) is 0 Å². The summed E-state index contributed by atoms with van der Waals surface area (Å²) in [6.07, 6.45) is 1.75. The molecule has 0 radical (unpaired) electrons. The van der Waals surface area contributed by atoms with Gasteiger partial charge in [0, 0.05) is 22.7 Å². The number of nitrogens with zero attached hydrogens (tertiary/aromatic N) is 1. The maximum Gasteiger partial charge on any atom is 0.228 e. The summed E-state index contributed by atoms with van der Waals surface area (Å²) in [6, 6.07) is 19.2. The van der Waals surface area contributed by atoms with Crippen LogP contribution in [0.3, 0.4) is 0 Å². The van der Waals surface area contributed by atoms with Crippen LogP contribution in [0.15, 0.2) is 66.9 Å². The van der Waals surface area contributed by atoms with E-state index in [-0.39, 0.29) is 5.78 Å². The van der Waals surface area contributed by atoms with Crippen molar-refractivity contribution in [2.24, 2.45) is 0 Å². The SMILES string of the molecule is O=C(c1ccccc1)c1nc(-c2cc3ccccc3[nH]2)c[nH]1. The Labute approximate surface area is 126 Å². The Morgan fingerprint density at radius 2 is 1.73 bits per heavy atom. The number of benzene rings is 2. The molecule has 4 heteroatoms. The molecule has 106 valence electrons. The van der Waals surface area contributed by atoms with E-state index in [4.69, 9.17) is 0 Å². The van der Waals surface area contributed by atoms with Gasteiger partial charge in [0.1, 0.15) is 5.69 Å². The van der Waals surface area contributed by atoms with E-state index < -0.39 is 0 Å². The molecule has 2 N–H and O–H groups in total. The summed E-state index contributed by atoms with van der Waals surface area (Å²) in [6.45, 7) is 0. The van der Waals surface area contributed by atoms with Crippen LogP contribution in [0, 0.1) is 0 Å². The molecule has 0 fully saturated rings. The third-order valence-corrected chi connectivity index (χ3v) is 3.63. The van der Waals surface area contributed by atoms with Crippen LogP contribution in [0.1, 0.15) is 16.2 Å². The van der Waals surface area contributed by atoms with Gasteiger partial charge in [-0.2, -0.15) is 0 Å². The van der Waals surface area contributed by atoms with E-state index in [0.29, 0.717) is 11.4 Å². The normalized spacial score (nSPS) is 10.9. The van der Waals surface area contributed by atoms with Crippen molar-refractivity contribution < 1.29 is 4.79 Å². The van der Waals surface area contributed by atoms with Gasteiger partial charge in [0.15, 0.2) is 5.82 Å². The molecule has 4 nitrogen and oxygen atoms in total. The molecule has 0 atom stereocenters. The van der Waals surface area contributed by atoms with Crippen LogP contribution in [-0.2, 0) is 0 Å². The standard InChI is InChI=1S/C18H13N3O/c22-17(12-6-2-1-3-7-12)18-19-11-16(21-18)15-10-13-8-4-5-9-14(13)20-15/h1-11,20H,(H,19,21). The molecular formula is C18H13N3O. The van der Waals surface area contributed by atoms with Crippen molar-refractivity contribution in [1.29, 1.82) is 0 Å². The summed E-state index contributed by atoms with van der Waals surface area (Å²) in [5, 5.41) is 1.12. The molecule has 0 unspecified atom stereocenters. The molecule has 0 aliphatic rings. The molecule has 4 rings (SSSR count). The minimum absolute atomic E-state index is 0.108. The molecule has 0 aliphatic carbocycles. The van der Waals surface area contributed by atoms with Crippen LogP contribution in [0.2, 0.25) is 0 Å². The second kappa shape index (κ2) is 5.00. The Hall–Kier alpha value is -3.14. The van der Waals surface area contributed by atoms with Crippen molar-refractivity contribution in [2.45, 2.75) is 0 Å². The van der Waals surface area contributed by atoms with Gasteiger partial charge in [-0.15, -0.1) is 0 Å². The van der Waals surface area contributed by atoms with Crippen LogP contribution >= 0.6 is 0 Å². The molecular weight excluding hydrogens is 274 g/mol. The largest absolute Gasteiger partial charge is 0.353 e. The summed E-state index contributed by atoms with van der Waals surface area (Å²) in [5.74, 6) is 0.239. The predicted octanol–water partition coefficient (Wildman–Crippen LogP) is 3.79. The number of aromatic nitrogens is 3. The zero-order valence-corrected chi connectivity index (χ0v) is 11.7. The van der Waals surface area contributed by atoms with Crippen molar-refractivity contribution in [1.82, 2.24) is 15.0 Å². The van der Waals surface area contributed by atoms with Gasteiger partial charge in [0.05, 0.1) is 5.69 Å². The number of imidazole rings is 1. The Morgan fingerprint density at radius 1 is 0.955 bits per heavy atom. The molecule has 2 aromatic heterocycles. The summed E-state index contributed by atoms with van der Waals surface area (Å²) in [4.78, 5) is 23.1. The van der Waals surface area contributed by atoms with E-state index in [1.807, 2.05) is 48.5 Å². The van der Waals surface area contributed by atoms with Gasteiger partial charge in [-0.05, 0) is 12.1 Å². The maximum atomic E-state index is 12.4. The molecule has 22 heavy (non-hydrogen) atoms. The highest BCUT2D eigenvalue weighted by molar-refractivity contribution is 6.06. The first kappa shape index (κ1) is 12.6. The third kappa shape index (κ3) is 2.11. The first-order valence-corrected chi connectivity index (χ1v) is 7.04. The lowest BCUT2D eigenvalue weighted by atomic mass is 10.1. The zero-order valence-electron chi connectivity index (χ0n) is 11.7. The number of nitrogens with one attached hydrogen (secondary N) is 2. The second-order valence-corrected chi connectivity index (χ2v) is 5.10. The fourth-order valence-electron chi connectivity index (χ4n) is 2.51. The number of para-hydroxylation sites is 1. The zero-order chi connectivity index (χ0) is 14.9. The van der Waals surface area contributed by atoms with Gasteiger partial charge >= 0.3 is 0 Å². The lowest BCUT2D eigenvalue weighted by molar-refractivity contribution is 0.103. The summed E-state index contributed by atoms with van der Waals surface area (Å²) in [7, 11) is 0. The topological polar surface area (TPSA) is 61.5 Å². The van der Waals surface area contributed by atoms with Gasteiger partial charge < -0.3 is 9.97 Å².